The van der Waals surface area contributed by atoms with Crippen LogP contribution >= 0.6 is 11.8 Å². The second kappa shape index (κ2) is 10.4. The lowest BCUT2D eigenvalue weighted by Crippen LogP contribution is -2.32. The molecule has 32 heavy (non-hydrogen) atoms. The third-order valence-electron chi connectivity index (χ3n) is 5.16. The molecule has 1 aliphatic rings. The van der Waals surface area contributed by atoms with Crippen LogP contribution in [0.4, 0.5) is 4.79 Å². The predicted molar refractivity (Wildman–Crippen MR) is 129 cm³/mol. The fourth-order valence-corrected chi connectivity index (χ4v) is 4.32. The van der Waals surface area contributed by atoms with Gasteiger partial charge in [-0.25, -0.2) is 0 Å². The molecule has 0 aromatic heterocycles. The monoisotopic (exact) mass is 447 g/mol. The van der Waals surface area contributed by atoms with E-state index in [-0.39, 0.29) is 24.3 Å². The summed E-state index contributed by atoms with van der Waals surface area (Å²) in [6, 6.07) is 21.3. The van der Waals surface area contributed by atoms with E-state index in [0.29, 0.717) is 17.3 Å². The number of unbranched alkanes of at least 4 members (excludes halogenated alkanes) is 1. The molecule has 1 saturated heterocycles. The Bertz CT molecular complexity index is 1140. The van der Waals surface area contributed by atoms with E-state index in [0.717, 1.165) is 46.7 Å². The van der Waals surface area contributed by atoms with Gasteiger partial charge in [0.05, 0.1) is 18.1 Å². The summed E-state index contributed by atoms with van der Waals surface area (Å²) in [5.41, 5.74) is 0.824. The molecular weight excluding hydrogens is 422 g/mol. The lowest BCUT2D eigenvalue weighted by Gasteiger charge is -2.14. The number of carbonyl (C=O) groups excluding carboxylic acids is 2. The second-order valence-electron chi connectivity index (χ2n) is 7.40. The number of rotatable bonds is 9. The highest BCUT2D eigenvalue weighted by Crippen LogP contribution is 2.36. The molecule has 0 N–H and O–H groups in total. The van der Waals surface area contributed by atoms with E-state index in [1.54, 1.807) is 6.08 Å². The predicted octanol–water partition coefficient (Wildman–Crippen LogP) is 6.13. The first-order chi connectivity index (χ1) is 15.7. The third kappa shape index (κ3) is 4.97. The molecule has 4 rings (SSSR count). The minimum absolute atomic E-state index is 0.201. The summed E-state index contributed by atoms with van der Waals surface area (Å²) in [5.74, 6) is 1.13. The molecule has 2 amide bonds. The summed E-state index contributed by atoms with van der Waals surface area (Å²) >= 11 is 0.956. The first-order valence-corrected chi connectivity index (χ1v) is 11.6. The Morgan fingerprint density at radius 1 is 0.906 bits per heavy atom. The number of imide groups is 1. The van der Waals surface area contributed by atoms with E-state index in [2.05, 4.69) is 6.92 Å². The molecule has 0 spiro atoms. The number of nitrogens with zero attached hydrogens (tertiary/aromatic N) is 1. The van der Waals surface area contributed by atoms with Crippen molar-refractivity contribution in [3.8, 4) is 11.5 Å². The molecule has 5 nitrogen and oxygen atoms in total. The zero-order valence-corrected chi connectivity index (χ0v) is 18.8. The van der Waals surface area contributed by atoms with Gasteiger partial charge in [0, 0.05) is 5.56 Å². The van der Waals surface area contributed by atoms with Gasteiger partial charge >= 0.3 is 0 Å². The normalized spacial score (nSPS) is 15.0. The van der Waals surface area contributed by atoms with Gasteiger partial charge in [-0.2, -0.15) is 0 Å². The summed E-state index contributed by atoms with van der Waals surface area (Å²) in [6.45, 7) is 3.16. The van der Waals surface area contributed by atoms with Crippen molar-refractivity contribution in [2.24, 2.45) is 0 Å². The van der Waals surface area contributed by atoms with E-state index in [1.165, 1.54) is 4.90 Å². The minimum atomic E-state index is -0.302. The van der Waals surface area contributed by atoms with Crippen molar-refractivity contribution in [2.45, 2.75) is 19.8 Å². The molecule has 1 fully saturated rings. The standard InChI is InChI=1S/C26H25NO4S/c1-2-3-16-31-23-14-13-19-9-7-8-12-21(19)22(23)18-24-25(28)27(26(29)32-24)15-17-30-20-10-5-4-6-11-20/h4-14,18H,2-3,15-17H2,1H3/b24-18-. The largest absolute Gasteiger partial charge is 0.493 e. The molecule has 0 atom stereocenters. The molecule has 0 aliphatic carbocycles. The average molecular weight is 448 g/mol. The number of hydrogen-bond donors (Lipinski definition) is 0. The Kier molecular flexibility index (Phi) is 7.12. The maximum atomic E-state index is 13.0. The number of carbonyl (C=O) groups is 2. The van der Waals surface area contributed by atoms with Crippen LogP contribution < -0.4 is 9.47 Å². The van der Waals surface area contributed by atoms with Gasteiger partial charge < -0.3 is 9.47 Å². The van der Waals surface area contributed by atoms with Crippen LogP contribution in [0.3, 0.4) is 0 Å². The van der Waals surface area contributed by atoms with Gasteiger partial charge in [-0.15, -0.1) is 0 Å². The van der Waals surface area contributed by atoms with Gasteiger partial charge in [-0.05, 0) is 53.2 Å². The lowest BCUT2D eigenvalue weighted by atomic mass is 10.0. The van der Waals surface area contributed by atoms with Crippen LogP contribution in [0.2, 0.25) is 0 Å². The highest BCUT2D eigenvalue weighted by Gasteiger charge is 2.35. The summed E-state index contributed by atoms with van der Waals surface area (Å²) in [5, 5.41) is 1.75. The van der Waals surface area contributed by atoms with Crippen molar-refractivity contribution in [1.29, 1.82) is 0 Å². The van der Waals surface area contributed by atoms with Crippen LogP contribution in [0.25, 0.3) is 16.8 Å². The van der Waals surface area contributed by atoms with E-state index < -0.39 is 0 Å². The molecule has 3 aromatic rings. The van der Waals surface area contributed by atoms with Crippen LogP contribution in [-0.2, 0) is 4.79 Å². The Morgan fingerprint density at radius 2 is 1.69 bits per heavy atom. The fraction of sp³-hybridized carbons (Fsp3) is 0.231. The van der Waals surface area contributed by atoms with Gasteiger partial charge in [0.25, 0.3) is 11.1 Å². The lowest BCUT2D eigenvalue weighted by molar-refractivity contribution is -0.123. The maximum Gasteiger partial charge on any atom is 0.293 e. The van der Waals surface area contributed by atoms with Gasteiger partial charge in [-0.3, -0.25) is 14.5 Å². The molecule has 164 valence electrons. The number of thioether (sulfide) groups is 1. The van der Waals surface area contributed by atoms with Crippen molar-refractivity contribution in [1.82, 2.24) is 4.90 Å². The number of benzene rings is 3. The maximum absolute atomic E-state index is 13.0. The number of fused-ring (bicyclic) bond motifs is 1. The van der Waals surface area contributed by atoms with E-state index in [1.807, 2.05) is 66.7 Å². The van der Waals surface area contributed by atoms with Crippen LogP contribution in [0.15, 0.2) is 71.6 Å². The summed E-state index contributed by atoms with van der Waals surface area (Å²) in [6.07, 6.45) is 3.77. The summed E-state index contributed by atoms with van der Waals surface area (Å²) < 4.78 is 11.7. The smallest absolute Gasteiger partial charge is 0.293 e. The zero-order chi connectivity index (χ0) is 22.3. The van der Waals surface area contributed by atoms with Crippen molar-refractivity contribution < 1.29 is 19.1 Å². The van der Waals surface area contributed by atoms with E-state index in [9.17, 15) is 9.59 Å². The molecule has 0 saturated carbocycles. The molecule has 1 aliphatic heterocycles. The van der Waals surface area contributed by atoms with Crippen LogP contribution in [-0.4, -0.2) is 35.8 Å². The fourth-order valence-electron chi connectivity index (χ4n) is 3.47. The first-order valence-electron chi connectivity index (χ1n) is 10.7. The molecule has 1 heterocycles. The Labute approximate surface area is 192 Å². The molecule has 3 aromatic carbocycles. The molecule has 0 bridgehead atoms. The van der Waals surface area contributed by atoms with Gasteiger partial charge in [0.1, 0.15) is 18.1 Å². The Balaban J connectivity index is 1.55. The van der Waals surface area contributed by atoms with Crippen molar-refractivity contribution in [3.63, 3.8) is 0 Å². The molecule has 0 radical (unpaired) electrons. The van der Waals surface area contributed by atoms with Gasteiger partial charge in [-0.1, -0.05) is 61.9 Å². The average Bonchev–Trinajstić information content (AvgIpc) is 3.08. The summed E-state index contributed by atoms with van der Waals surface area (Å²) in [4.78, 5) is 27.2. The van der Waals surface area contributed by atoms with Gasteiger partial charge in [0.2, 0.25) is 0 Å². The van der Waals surface area contributed by atoms with Gasteiger partial charge in [0.15, 0.2) is 0 Å². The van der Waals surface area contributed by atoms with Crippen molar-refractivity contribution >= 4 is 39.8 Å². The van der Waals surface area contributed by atoms with Crippen molar-refractivity contribution in [2.75, 3.05) is 19.8 Å². The van der Waals surface area contributed by atoms with E-state index >= 15 is 0 Å². The number of amides is 2. The Hall–Kier alpha value is -3.25. The van der Waals surface area contributed by atoms with Crippen molar-refractivity contribution in [3.05, 3.63) is 77.2 Å². The third-order valence-corrected chi connectivity index (χ3v) is 6.07. The second-order valence-corrected chi connectivity index (χ2v) is 8.39. The zero-order valence-electron chi connectivity index (χ0n) is 18.0. The topological polar surface area (TPSA) is 55.8 Å². The number of ether oxygens (including phenoxy) is 2. The van der Waals surface area contributed by atoms with Crippen LogP contribution in [0, 0.1) is 0 Å². The number of para-hydroxylation sites is 1. The van der Waals surface area contributed by atoms with Crippen LogP contribution in [0.1, 0.15) is 25.3 Å². The van der Waals surface area contributed by atoms with Crippen LogP contribution in [0.5, 0.6) is 11.5 Å². The highest BCUT2D eigenvalue weighted by molar-refractivity contribution is 8.18. The molecule has 6 heteroatoms. The minimum Gasteiger partial charge on any atom is -0.493 e. The van der Waals surface area contributed by atoms with E-state index in [4.69, 9.17) is 9.47 Å². The number of hydrogen-bond acceptors (Lipinski definition) is 5. The summed E-state index contributed by atoms with van der Waals surface area (Å²) in [7, 11) is 0. The molecule has 0 unspecified atom stereocenters. The first kappa shape index (κ1) is 22.0. The quantitative estimate of drug-likeness (QED) is 0.292. The Morgan fingerprint density at radius 3 is 2.50 bits per heavy atom. The molecular formula is C26H25NO4S. The SMILES string of the molecule is CCCCOc1ccc2ccccc2c1/C=C1\SC(=O)N(CCOc2ccccc2)C1=O. The highest BCUT2D eigenvalue weighted by atomic mass is 32.2.